The highest BCUT2D eigenvalue weighted by molar-refractivity contribution is 5.87. The van der Waals surface area contributed by atoms with Gasteiger partial charge in [-0.2, -0.15) is 0 Å². The molecule has 0 radical (unpaired) electrons. The van der Waals surface area contributed by atoms with Crippen LogP contribution >= 0.6 is 0 Å². The number of carboxylic acids is 1. The Balaban J connectivity index is 1.40. The molecule has 1 aliphatic rings. The standard InChI is InChI=1S/C22H18N2O4/c25-21(26)15-9-14(10-23-12-15)11-24-22(27)28-13-20-18-7-3-1-5-16(18)17-6-2-4-8-19(17)20/h1-10,12,20H,11,13H2,(H,24,27)(H,25,26). The highest BCUT2D eigenvalue weighted by Gasteiger charge is 2.28. The van der Waals surface area contributed by atoms with Crippen molar-refractivity contribution in [2.75, 3.05) is 6.61 Å². The quantitative estimate of drug-likeness (QED) is 0.709. The molecule has 3 aromatic rings. The molecule has 4 rings (SSSR count). The number of alkyl carbamates (subject to hydrolysis) is 1. The molecule has 0 saturated heterocycles. The van der Waals surface area contributed by atoms with Gasteiger partial charge in [-0.25, -0.2) is 9.59 Å². The molecule has 0 bridgehead atoms. The van der Waals surface area contributed by atoms with Crippen LogP contribution in [-0.2, 0) is 11.3 Å². The number of carbonyl (C=O) groups is 2. The second-order valence-corrected chi connectivity index (χ2v) is 6.57. The van der Waals surface area contributed by atoms with E-state index < -0.39 is 12.1 Å². The van der Waals surface area contributed by atoms with Crippen LogP contribution in [0.25, 0.3) is 11.1 Å². The van der Waals surface area contributed by atoms with Crippen molar-refractivity contribution < 1.29 is 19.4 Å². The van der Waals surface area contributed by atoms with Crippen molar-refractivity contribution in [1.29, 1.82) is 0 Å². The van der Waals surface area contributed by atoms with E-state index in [4.69, 9.17) is 9.84 Å². The minimum Gasteiger partial charge on any atom is -0.478 e. The summed E-state index contributed by atoms with van der Waals surface area (Å²) in [5.41, 5.74) is 5.30. The van der Waals surface area contributed by atoms with Gasteiger partial charge in [-0.05, 0) is 33.9 Å². The van der Waals surface area contributed by atoms with Gasteiger partial charge < -0.3 is 15.2 Å². The molecule has 0 unspecified atom stereocenters. The number of amides is 1. The molecule has 28 heavy (non-hydrogen) atoms. The largest absolute Gasteiger partial charge is 0.478 e. The van der Waals surface area contributed by atoms with Gasteiger partial charge in [0.15, 0.2) is 0 Å². The van der Waals surface area contributed by atoms with Crippen molar-refractivity contribution in [3.8, 4) is 11.1 Å². The van der Waals surface area contributed by atoms with Crippen molar-refractivity contribution in [3.05, 3.63) is 89.2 Å². The third-order valence-electron chi connectivity index (χ3n) is 4.82. The van der Waals surface area contributed by atoms with Crippen LogP contribution in [0.1, 0.15) is 33.0 Å². The normalized spacial score (nSPS) is 12.1. The van der Waals surface area contributed by atoms with Gasteiger partial charge >= 0.3 is 12.1 Å². The van der Waals surface area contributed by atoms with Crippen molar-refractivity contribution in [3.63, 3.8) is 0 Å². The van der Waals surface area contributed by atoms with Gasteiger partial charge in [0.05, 0.1) is 5.56 Å². The van der Waals surface area contributed by atoms with Crippen LogP contribution in [-0.4, -0.2) is 28.8 Å². The van der Waals surface area contributed by atoms with Crippen LogP contribution in [0.4, 0.5) is 4.79 Å². The molecule has 1 amide bonds. The van der Waals surface area contributed by atoms with Gasteiger partial charge in [0.2, 0.25) is 0 Å². The van der Waals surface area contributed by atoms with E-state index in [9.17, 15) is 9.59 Å². The van der Waals surface area contributed by atoms with E-state index in [1.165, 1.54) is 29.6 Å². The Morgan fingerprint density at radius 2 is 1.64 bits per heavy atom. The predicted molar refractivity (Wildman–Crippen MR) is 103 cm³/mol. The summed E-state index contributed by atoms with van der Waals surface area (Å²) in [6.07, 6.45) is 2.22. The Kier molecular flexibility index (Phi) is 4.76. The summed E-state index contributed by atoms with van der Waals surface area (Å²) in [4.78, 5) is 27.0. The number of rotatable bonds is 5. The maximum absolute atomic E-state index is 12.1. The Morgan fingerprint density at radius 1 is 1.00 bits per heavy atom. The molecule has 0 saturated carbocycles. The zero-order valence-electron chi connectivity index (χ0n) is 15.0. The first kappa shape index (κ1) is 17.7. The molecule has 2 aromatic carbocycles. The zero-order chi connectivity index (χ0) is 19.5. The Morgan fingerprint density at radius 3 is 2.29 bits per heavy atom. The number of pyridine rings is 1. The van der Waals surface area contributed by atoms with E-state index >= 15 is 0 Å². The van der Waals surface area contributed by atoms with Gasteiger partial charge in [-0.3, -0.25) is 4.98 Å². The van der Waals surface area contributed by atoms with Crippen molar-refractivity contribution in [2.45, 2.75) is 12.5 Å². The minimum atomic E-state index is -1.06. The third-order valence-corrected chi connectivity index (χ3v) is 4.82. The summed E-state index contributed by atoms with van der Waals surface area (Å²) in [5, 5.41) is 11.6. The maximum Gasteiger partial charge on any atom is 0.407 e. The maximum atomic E-state index is 12.1. The fourth-order valence-electron chi connectivity index (χ4n) is 3.52. The van der Waals surface area contributed by atoms with Crippen LogP contribution in [0.5, 0.6) is 0 Å². The van der Waals surface area contributed by atoms with Crippen molar-refractivity contribution in [1.82, 2.24) is 10.3 Å². The Hall–Kier alpha value is -3.67. The first-order valence-corrected chi connectivity index (χ1v) is 8.89. The molecule has 0 aliphatic heterocycles. The minimum absolute atomic E-state index is 0.00449. The average molecular weight is 374 g/mol. The summed E-state index contributed by atoms with van der Waals surface area (Å²) < 4.78 is 5.45. The topological polar surface area (TPSA) is 88.5 Å². The number of carboxylic acid groups (broad SMARTS) is 1. The number of nitrogens with zero attached hydrogens (tertiary/aromatic N) is 1. The van der Waals surface area contributed by atoms with Crippen molar-refractivity contribution >= 4 is 12.1 Å². The molecular formula is C22H18N2O4. The first-order chi connectivity index (χ1) is 13.6. The average Bonchev–Trinajstić information content (AvgIpc) is 3.05. The first-order valence-electron chi connectivity index (χ1n) is 8.89. The van der Waals surface area contributed by atoms with Crippen LogP contribution in [0.15, 0.2) is 67.0 Å². The van der Waals surface area contributed by atoms with Gasteiger partial charge in [-0.15, -0.1) is 0 Å². The molecule has 0 spiro atoms. The van der Waals surface area contributed by atoms with Crippen LogP contribution in [0, 0.1) is 0 Å². The van der Waals surface area contributed by atoms with E-state index in [2.05, 4.69) is 34.6 Å². The van der Waals surface area contributed by atoms with E-state index in [-0.39, 0.29) is 24.6 Å². The van der Waals surface area contributed by atoms with E-state index in [1.54, 1.807) is 0 Å². The van der Waals surface area contributed by atoms with Gasteiger partial charge in [-0.1, -0.05) is 48.5 Å². The van der Waals surface area contributed by atoms with E-state index in [0.717, 1.165) is 11.1 Å². The number of nitrogens with one attached hydrogen (secondary N) is 1. The highest BCUT2D eigenvalue weighted by atomic mass is 16.5. The molecule has 2 N–H and O–H groups in total. The van der Waals surface area contributed by atoms with Crippen LogP contribution in [0.2, 0.25) is 0 Å². The van der Waals surface area contributed by atoms with E-state index in [1.807, 2.05) is 24.3 Å². The molecule has 1 aliphatic carbocycles. The molecule has 1 heterocycles. The lowest BCUT2D eigenvalue weighted by Crippen LogP contribution is -2.25. The molecule has 6 heteroatoms. The number of ether oxygens (including phenoxy) is 1. The second-order valence-electron chi connectivity index (χ2n) is 6.57. The fourth-order valence-corrected chi connectivity index (χ4v) is 3.52. The summed E-state index contributed by atoms with van der Waals surface area (Å²) >= 11 is 0. The summed E-state index contributed by atoms with van der Waals surface area (Å²) in [6, 6.07) is 17.7. The third kappa shape index (κ3) is 3.44. The smallest absolute Gasteiger partial charge is 0.407 e. The number of hydrogen-bond acceptors (Lipinski definition) is 4. The summed E-state index contributed by atoms with van der Waals surface area (Å²) in [7, 11) is 0. The molecule has 0 fully saturated rings. The summed E-state index contributed by atoms with van der Waals surface area (Å²) in [6.45, 7) is 0.373. The lowest BCUT2D eigenvalue weighted by molar-refractivity contribution is 0.0696. The van der Waals surface area contributed by atoms with E-state index in [0.29, 0.717) is 5.56 Å². The SMILES string of the molecule is O=C(NCc1cncc(C(=O)O)c1)OCC1c2ccccc2-c2ccccc21. The Labute approximate surface area is 161 Å². The fraction of sp³-hybridized carbons (Fsp3) is 0.136. The highest BCUT2D eigenvalue weighted by Crippen LogP contribution is 2.44. The number of carbonyl (C=O) groups excluding carboxylic acids is 1. The second kappa shape index (κ2) is 7.52. The summed E-state index contributed by atoms with van der Waals surface area (Å²) in [5.74, 6) is -1.06. The molecule has 6 nitrogen and oxygen atoms in total. The molecule has 140 valence electrons. The number of hydrogen-bond donors (Lipinski definition) is 2. The number of aromatic carboxylic acids is 1. The monoisotopic (exact) mass is 374 g/mol. The molecule has 0 atom stereocenters. The van der Waals surface area contributed by atoms with Gasteiger partial charge in [0.1, 0.15) is 6.61 Å². The zero-order valence-corrected chi connectivity index (χ0v) is 15.0. The number of benzene rings is 2. The van der Waals surface area contributed by atoms with Gasteiger partial charge in [0.25, 0.3) is 0 Å². The van der Waals surface area contributed by atoms with Crippen LogP contribution in [0.3, 0.4) is 0 Å². The van der Waals surface area contributed by atoms with Gasteiger partial charge in [0, 0.05) is 24.9 Å². The molecule has 1 aromatic heterocycles. The van der Waals surface area contributed by atoms with Crippen LogP contribution < -0.4 is 5.32 Å². The predicted octanol–water partition coefficient (Wildman–Crippen LogP) is 3.82. The molecular weight excluding hydrogens is 356 g/mol. The number of aromatic nitrogens is 1. The van der Waals surface area contributed by atoms with Crippen molar-refractivity contribution in [2.24, 2.45) is 0 Å². The lowest BCUT2D eigenvalue weighted by Gasteiger charge is -2.14. The number of fused-ring (bicyclic) bond motifs is 3. The lowest BCUT2D eigenvalue weighted by atomic mass is 9.98. The Bertz CT molecular complexity index is 1000.